The maximum Gasteiger partial charge on any atom is 0.258 e. The van der Waals surface area contributed by atoms with E-state index in [1.54, 1.807) is 30.7 Å². The smallest absolute Gasteiger partial charge is 0.258 e. The van der Waals surface area contributed by atoms with Gasteiger partial charge < -0.3 is 24.9 Å². The molecular formula is C22H28N6O2. The van der Waals surface area contributed by atoms with Crippen LogP contribution >= 0.6 is 0 Å². The molecule has 3 N–H and O–H groups in total. The van der Waals surface area contributed by atoms with Crippen molar-refractivity contribution in [1.29, 1.82) is 0 Å². The van der Waals surface area contributed by atoms with E-state index < -0.39 is 0 Å². The molecule has 1 amide bonds. The van der Waals surface area contributed by atoms with Gasteiger partial charge in [-0.3, -0.25) is 4.79 Å². The predicted octanol–water partition coefficient (Wildman–Crippen LogP) is 3.20. The number of ether oxygens (including phenoxy) is 1. The van der Waals surface area contributed by atoms with Gasteiger partial charge in [-0.25, -0.2) is 9.97 Å². The maximum absolute atomic E-state index is 13.0. The van der Waals surface area contributed by atoms with Crippen molar-refractivity contribution in [2.75, 3.05) is 25.0 Å². The monoisotopic (exact) mass is 408 g/mol. The van der Waals surface area contributed by atoms with E-state index in [4.69, 9.17) is 4.74 Å². The number of fused-ring (bicyclic) bond motifs is 3. The SMILES string of the molecule is CCCNCCOc1ccc(NC(=O)c2c[nH]c3c2-c2nccn2C(C)(C)C3)cn1. The van der Waals surface area contributed by atoms with Crippen molar-refractivity contribution in [1.82, 2.24) is 24.8 Å². The van der Waals surface area contributed by atoms with Crippen LogP contribution in [0.15, 0.2) is 36.9 Å². The summed E-state index contributed by atoms with van der Waals surface area (Å²) in [4.78, 5) is 25.0. The van der Waals surface area contributed by atoms with Crippen LogP contribution in [0.1, 0.15) is 43.2 Å². The Kier molecular flexibility index (Phi) is 5.59. The number of nitrogens with one attached hydrogen (secondary N) is 3. The highest BCUT2D eigenvalue weighted by atomic mass is 16.5. The highest BCUT2D eigenvalue weighted by Crippen LogP contribution is 2.38. The largest absolute Gasteiger partial charge is 0.476 e. The second-order valence-corrected chi connectivity index (χ2v) is 8.10. The van der Waals surface area contributed by atoms with Crippen molar-refractivity contribution in [3.8, 4) is 17.3 Å². The summed E-state index contributed by atoms with van der Waals surface area (Å²) in [5.74, 6) is 1.15. The first-order chi connectivity index (χ1) is 14.5. The fourth-order valence-corrected chi connectivity index (χ4v) is 3.80. The summed E-state index contributed by atoms with van der Waals surface area (Å²) in [5.41, 5.74) is 3.00. The summed E-state index contributed by atoms with van der Waals surface area (Å²) < 4.78 is 7.73. The molecule has 0 radical (unpaired) electrons. The Labute approximate surface area is 176 Å². The summed E-state index contributed by atoms with van der Waals surface area (Å²) in [7, 11) is 0. The number of amides is 1. The molecule has 3 aromatic rings. The number of H-pyrrole nitrogens is 1. The number of aromatic amines is 1. The van der Waals surface area contributed by atoms with E-state index in [2.05, 4.69) is 50.9 Å². The first kappa shape index (κ1) is 20.2. The highest BCUT2D eigenvalue weighted by Gasteiger charge is 2.34. The summed E-state index contributed by atoms with van der Waals surface area (Å²) in [6.45, 7) is 8.76. The zero-order valence-electron chi connectivity index (χ0n) is 17.7. The molecule has 0 fully saturated rings. The summed E-state index contributed by atoms with van der Waals surface area (Å²) in [6.07, 6.45) is 9.01. The van der Waals surface area contributed by atoms with Gasteiger partial charge in [-0.15, -0.1) is 0 Å². The van der Waals surface area contributed by atoms with Crippen LogP contribution in [0, 0.1) is 0 Å². The van der Waals surface area contributed by atoms with Crippen molar-refractivity contribution >= 4 is 11.6 Å². The van der Waals surface area contributed by atoms with Gasteiger partial charge in [0.05, 0.1) is 23.0 Å². The van der Waals surface area contributed by atoms with Crippen LogP contribution < -0.4 is 15.4 Å². The molecule has 0 aromatic carbocycles. The van der Waals surface area contributed by atoms with Crippen LogP contribution in [-0.4, -0.2) is 45.1 Å². The molecule has 0 aliphatic carbocycles. The lowest BCUT2D eigenvalue weighted by Gasteiger charge is -2.32. The third-order valence-electron chi connectivity index (χ3n) is 5.28. The second kappa shape index (κ2) is 8.31. The molecule has 8 nitrogen and oxygen atoms in total. The van der Waals surface area contributed by atoms with Gasteiger partial charge in [0.2, 0.25) is 5.88 Å². The Morgan fingerprint density at radius 1 is 1.30 bits per heavy atom. The molecular weight excluding hydrogens is 380 g/mol. The topological polar surface area (TPSA) is 96.9 Å². The van der Waals surface area contributed by atoms with Gasteiger partial charge in [-0.05, 0) is 32.9 Å². The lowest BCUT2D eigenvalue weighted by molar-refractivity contribution is 0.102. The second-order valence-electron chi connectivity index (χ2n) is 8.10. The van der Waals surface area contributed by atoms with Gasteiger partial charge in [0, 0.05) is 48.9 Å². The van der Waals surface area contributed by atoms with E-state index in [1.165, 1.54) is 0 Å². The normalized spacial score (nSPS) is 14.1. The van der Waals surface area contributed by atoms with Gasteiger partial charge in [-0.2, -0.15) is 0 Å². The Bertz CT molecular complexity index is 1020. The van der Waals surface area contributed by atoms with Crippen LogP contribution in [0.5, 0.6) is 5.88 Å². The van der Waals surface area contributed by atoms with Crippen molar-refractivity contribution in [2.24, 2.45) is 0 Å². The fraction of sp³-hybridized carbons (Fsp3) is 0.409. The zero-order valence-corrected chi connectivity index (χ0v) is 17.7. The van der Waals surface area contributed by atoms with Crippen LogP contribution in [0.3, 0.4) is 0 Å². The Morgan fingerprint density at radius 3 is 2.93 bits per heavy atom. The fourth-order valence-electron chi connectivity index (χ4n) is 3.80. The molecule has 0 saturated carbocycles. The molecule has 30 heavy (non-hydrogen) atoms. The number of hydrogen-bond acceptors (Lipinski definition) is 5. The van der Waals surface area contributed by atoms with Crippen molar-refractivity contribution in [3.05, 3.63) is 48.2 Å². The third-order valence-corrected chi connectivity index (χ3v) is 5.28. The van der Waals surface area contributed by atoms with Gasteiger partial charge in [0.1, 0.15) is 12.4 Å². The third kappa shape index (κ3) is 3.95. The molecule has 0 atom stereocenters. The van der Waals surface area contributed by atoms with Crippen molar-refractivity contribution in [2.45, 2.75) is 39.2 Å². The Balaban J connectivity index is 1.43. The molecule has 1 aliphatic heterocycles. The van der Waals surface area contributed by atoms with Gasteiger partial charge in [-0.1, -0.05) is 6.92 Å². The number of pyridine rings is 1. The number of hydrogen-bond donors (Lipinski definition) is 3. The van der Waals surface area contributed by atoms with Crippen molar-refractivity contribution < 1.29 is 9.53 Å². The van der Waals surface area contributed by atoms with Crippen LogP contribution in [0.2, 0.25) is 0 Å². The molecule has 0 unspecified atom stereocenters. The molecule has 0 bridgehead atoms. The van der Waals surface area contributed by atoms with Crippen LogP contribution in [-0.2, 0) is 12.0 Å². The van der Waals surface area contributed by atoms with E-state index in [-0.39, 0.29) is 11.4 Å². The average molecular weight is 409 g/mol. The summed E-state index contributed by atoms with van der Waals surface area (Å²) in [6, 6.07) is 3.56. The standard InChI is InChI=1S/C22H28N6O2/c1-4-7-23-9-11-30-18-6-5-15(13-26-18)27-21(29)16-14-25-17-12-22(2,3)28-10-8-24-20(28)19(16)17/h5-6,8,10,13-14,23,25H,4,7,9,11-12H2,1-3H3,(H,27,29). The zero-order chi connectivity index (χ0) is 21.1. The summed E-state index contributed by atoms with van der Waals surface area (Å²) in [5, 5.41) is 6.20. The highest BCUT2D eigenvalue weighted by molar-refractivity contribution is 6.08. The molecule has 8 heteroatoms. The molecule has 1 aliphatic rings. The minimum atomic E-state index is -0.194. The molecule has 4 rings (SSSR count). The van der Waals surface area contributed by atoms with Gasteiger partial charge in [0.25, 0.3) is 5.91 Å². The first-order valence-corrected chi connectivity index (χ1v) is 10.3. The number of carbonyl (C=O) groups is 1. The van der Waals surface area contributed by atoms with Crippen LogP contribution in [0.4, 0.5) is 5.69 Å². The van der Waals surface area contributed by atoms with E-state index in [9.17, 15) is 4.79 Å². The molecule has 0 spiro atoms. The number of nitrogens with zero attached hydrogens (tertiary/aromatic N) is 3. The predicted molar refractivity (Wildman–Crippen MR) is 116 cm³/mol. The van der Waals surface area contributed by atoms with Crippen molar-refractivity contribution in [3.63, 3.8) is 0 Å². The minimum Gasteiger partial charge on any atom is -0.476 e. The average Bonchev–Trinajstić information content (AvgIpc) is 3.36. The Morgan fingerprint density at radius 2 is 2.17 bits per heavy atom. The number of imidazole rings is 1. The number of anilines is 1. The Hall–Kier alpha value is -3.13. The molecule has 3 aromatic heterocycles. The molecule has 158 valence electrons. The molecule has 4 heterocycles. The number of rotatable bonds is 8. The van der Waals surface area contributed by atoms with E-state index in [0.29, 0.717) is 23.7 Å². The number of aromatic nitrogens is 4. The quantitative estimate of drug-likeness (QED) is 0.498. The van der Waals surface area contributed by atoms with Crippen LogP contribution in [0.25, 0.3) is 11.4 Å². The van der Waals surface area contributed by atoms with Gasteiger partial charge in [0.15, 0.2) is 0 Å². The molecule has 0 saturated heterocycles. The lowest BCUT2D eigenvalue weighted by Crippen LogP contribution is -2.33. The van der Waals surface area contributed by atoms with E-state index in [0.717, 1.165) is 43.0 Å². The number of carbonyl (C=O) groups excluding carboxylic acids is 1. The van der Waals surface area contributed by atoms with Gasteiger partial charge >= 0.3 is 0 Å². The first-order valence-electron chi connectivity index (χ1n) is 10.3. The maximum atomic E-state index is 13.0. The minimum absolute atomic E-state index is 0.0940. The van der Waals surface area contributed by atoms with E-state index in [1.807, 2.05) is 6.20 Å². The lowest BCUT2D eigenvalue weighted by atomic mass is 9.90. The summed E-state index contributed by atoms with van der Waals surface area (Å²) >= 11 is 0. The van der Waals surface area contributed by atoms with E-state index >= 15 is 0 Å².